The first-order valence-corrected chi connectivity index (χ1v) is 7.40. The van der Waals surface area contributed by atoms with Crippen molar-refractivity contribution in [1.29, 1.82) is 0 Å². The van der Waals surface area contributed by atoms with Gasteiger partial charge in [-0.05, 0) is 55.9 Å². The van der Waals surface area contributed by atoms with Crippen LogP contribution in [0.5, 0.6) is 0 Å². The number of benzene rings is 1. The third-order valence-corrected chi connectivity index (χ3v) is 4.48. The summed E-state index contributed by atoms with van der Waals surface area (Å²) in [6, 6.07) is 11.0. The summed E-state index contributed by atoms with van der Waals surface area (Å²) in [7, 11) is 0. The van der Waals surface area contributed by atoms with E-state index in [9.17, 15) is 0 Å². The standard InChI is InChI=1S/C18H22N2/c1-12-5-6-13(2)15(10-12)11-17(19)16-8-7-14-4-3-9-20-18(14)16/h3-6,9-10,16-17H,7-8,11,19H2,1-2H3. The van der Waals surface area contributed by atoms with Crippen molar-refractivity contribution in [2.24, 2.45) is 5.73 Å². The Morgan fingerprint density at radius 3 is 3.00 bits per heavy atom. The normalized spacial score (nSPS) is 18.9. The molecule has 2 heteroatoms. The lowest BCUT2D eigenvalue weighted by Crippen LogP contribution is -2.30. The van der Waals surface area contributed by atoms with Crippen molar-refractivity contribution in [3.05, 3.63) is 64.5 Å². The van der Waals surface area contributed by atoms with E-state index in [-0.39, 0.29) is 6.04 Å². The first-order chi connectivity index (χ1) is 9.65. The summed E-state index contributed by atoms with van der Waals surface area (Å²) in [6.07, 6.45) is 5.09. The molecule has 0 bridgehead atoms. The summed E-state index contributed by atoms with van der Waals surface area (Å²) in [4.78, 5) is 4.56. The number of hydrogen-bond donors (Lipinski definition) is 1. The number of pyridine rings is 1. The molecule has 20 heavy (non-hydrogen) atoms. The Morgan fingerprint density at radius 1 is 1.30 bits per heavy atom. The molecule has 1 aliphatic rings. The van der Waals surface area contributed by atoms with Gasteiger partial charge in [-0.25, -0.2) is 0 Å². The second kappa shape index (κ2) is 5.37. The van der Waals surface area contributed by atoms with Crippen molar-refractivity contribution in [2.75, 3.05) is 0 Å². The molecule has 2 unspecified atom stereocenters. The molecule has 0 fully saturated rings. The van der Waals surface area contributed by atoms with Crippen molar-refractivity contribution in [3.63, 3.8) is 0 Å². The van der Waals surface area contributed by atoms with E-state index >= 15 is 0 Å². The van der Waals surface area contributed by atoms with Gasteiger partial charge in [-0.1, -0.05) is 29.8 Å². The Kier molecular flexibility index (Phi) is 3.58. The van der Waals surface area contributed by atoms with Crippen molar-refractivity contribution >= 4 is 0 Å². The van der Waals surface area contributed by atoms with E-state index in [4.69, 9.17) is 5.73 Å². The SMILES string of the molecule is Cc1ccc(C)c(CC(N)C2CCc3cccnc32)c1. The predicted molar refractivity (Wildman–Crippen MR) is 82.9 cm³/mol. The number of hydrogen-bond acceptors (Lipinski definition) is 2. The molecule has 1 heterocycles. The fourth-order valence-electron chi connectivity index (χ4n) is 3.28. The molecular weight excluding hydrogens is 244 g/mol. The zero-order chi connectivity index (χ0) is 14.1. The first-order valence-electron chi connectivity index (χ1n) is 7.40. The van der Waals surface area contributed by atoms with Crippen LogP contribution in [0.25, 0.3) is 0 Å². The maximum Gasteiger partial charge on any atom is 0.0482 e. The first kappa shape index (κ1) is 13.3. The fraction of sp³-hybridized carbons (Fsp3) is 0.389. The Bertz CT molecular complexity index is 619. The highest BCUT2D eigenvalue weighted by Crippen LogP contribution is 2.34. The Hall–Kier alpha value is -1.67. The van der Waals surface area contributed by atoms with Crippen LogP contribution in [0.3, 0.4) is 0 Å². The molecule has 0 saturated heterocycles. The zero-order valence-corrected chi connectivity index (χ0v) is 12.3. The van der Waals surface area contributed by atoms with Crippen LogP contribution < -0.4 is 5.73 Å². The molecule has 2 atom stereocenters. The quantitative estimate of drug-likeness (QED) is 0.925. The van der Waals surface area contributed by atoms with E-state index in [1.54, 1.807) is 0 Å². The van der Waals surface area contributed by atoms with E-state index in [1.807, 2.05) is 12.3 Å². The Morgan fingerprint density at radius 2 is 2.15 bits per heavy atom. The highest BCUT2D eigenvalue weighted by Gasteiger charge is 2.28. The molecule has 1 aliphatic carbocycles. The highest BCUT2D eigenvalue weighted by atomic mass is 14.7. The van der Waals surface area contributed by atoms with Gasteiger partial charge in [0.1, 0.15) is 0 Å². The van der Waals surface area contributed by atoms with Crippen LogP contribution in [0.2, 0.25) is 0 Å². The van der Waals surface area contributed by atoms with Crippen LogP contribution in [-0.2, 0) is 12.8 Å². The van der Waals surface area contributed by atoms with Crippen LogP contribution in [-0.4, -0.2) is 11.0 Å². The summed E-state index contributed by atoms with van der Waals surface area (Å²) in [5.74, 6) is 0.408. The van der Waals surface area contributed by atoms with Crippen molar-refractivity contribution in [2.45, 2.75) is 45.1 Å². The molecule has 0 amide bonds. The van der Waals surface area contributed by atoms with Gasteiger partial charge in [-0.2, -0.15) is 0 Å². The molecule has 0 aliphatic heterocycles. The van der Waals surface area contributed by atoms with Crippen LogP contribution in [0.15, 0.2) is 36.5 Å². The zero-order valence-electron chi connectivity index (χ0n) is 12.3. The van der Waals surface area contributed by atoms with Gasteiger partial charge >= 0.3 is 0 Å². The molecule has 0 spiro atoms. The number of nitrogens with two attached hydrogens (primary N) is 1. The van der Waals surface area contributed by atoms with E-state index in [2.05, 4.69) is 43.1 Å². The molecule has 2 aromatic rings. The van der Waals surface area contributed by atoms with Crippen LogP contribution >= 0.6 is 0 Å². The maximum absolute atomic E-state index is 6.50. The molecule has 1 aromatic carbocycles. The van der Waals surface area contributed by atoms with Crippen molar-refractivity contribution < 1.29 is 0 Å². The molecular formula is C18H22N2. The minimum Gasteiger partial charge on any atom is -0.327 e. The van der Waals surface area contributed by atoms with Gasteiger partial charge in [0, 0.05) is 23.9 Å². The lowest BCUT2D eigenvalue weighted by molar-refractivity contribution is 0.516. The average molecular weight is 266 g/mol. The molecule has 0 radical (unpaired) electrons. The number of aryl methyl sites for hydroxylation is 3. The molecule has 2 nitrogen and oxygen atoms in total. The Labute approximate surface area is 121 Å². The van der Waals surface area contributed by atoms with Crippen LogP contribution in [0.4, 0.5) is 0 Å². The fourth-order valence-corrected chi connectivity index (χ4v) is 3.28. The number of rotatable bonds is 3. The Balaban J connectivity index is 1.81. The van der Waals surface area contributed by atoms with E-state index in [1.165, 1.54) is 27.9 Å². The summed E-state index contributed by atoms with van der Waals surface area (Å²) < 4.78 is 0. The van der Waals surface area contributed by atoms with E-state index in [0.717, 1.165) is 19.3 Å². The summed E-state index contributed by atoms with van der Waals surface area (Å²) in [6.45, 7) is 4.31. The minimum absolute atomic E-state index is 0.159. The number of aromatic nitrogens is 1. The second-order valence-corrected chi connectivity index (χ2v) is 5.99. The third-order valence-electron chi connectivity index (χ3n) is 4.48. The predicted octanol–water partition coefficient (Wildman–Crippen LogP) is 3.30. The van der Waals surface area contributed by atoms with Crippen LogP contribution in [0.1, 0.15) is 40.3 Å². The van der Waals surface area contributed by atoms with Crippen molar-refractivity contribution in [3.8, 4) is 0 Å². The molecule has 3 rings (SSSR count). The number of fused-ring (bicyclic) bond motifs is 1. The third kappa shape index (κ3) is 2.48. The topological polar surface area (TPSA) is 38.9 Å². The number of nitrogens with zero attached hydrogens (tertiary/aromatic N) is 1. The van der Waals surface area contributed by atoms with Gasteiger partial charge in [0.2, 0.25) is 0 Å². The van der Waals surface area contributed by atoms with Gasteiger partial charge in [0.05, 0.1) is 0 Å². The largest absolute Gasteiger partial charge is 0.327 e. The molecule has 2 N–H and O–H groups in total. The van der Waals surface area contributed by atoms with Gasteiger partial charge in [0.25, 0.3) is 0 Å². The van der Waals surface area contributed by atoms with Crippen LogP contribution in [0, 0.1) is 13.8 Å². The molecule has 1 aromatic heterocycles. The molecule has 0 saturated carbocycles. The molecule has 104 valence electrons. The highest BCUT2D eigenvalue weighted by molar-refractivity contribution is 5.34. The summed E-state index contributed by atoms with van der Waals surface area (Å²) in [5, 5.41) is 0. The van der Waals surface area contributed by atoms with Gasteiger partial charge in [-0.15, -0.1) is 0 Å². The minimum atomic E-state index is 0.159. The monoisotopic (exact) mass is 266 g/mol. The summed E-state index contributed by atoms with van der Waals surface area (Å²) >= 11 is 0. The summed E-state index contributed by atoms with van der Waals surface area (Å²) in [5.41, 5.74) is 13.1. The maximum atomic E-state index is 6.50. The lowest BCUT2D eigenvalue weighted by atomic mass is 9.90. The average Bonchev–Trinajstić information content (AvgIpc) is 2.87. The van der Waals surface area contributed by atoms with Gasteiger partial charge in [-0.3, -0.25) is 4.98 Å². The smallest absolute Gasteiger partial charge is 0.0482 e. The lowest BCUT2D eigenvalue weighted by Gasteiger charge is -2.20. The van der Waals surface area contributed by atoms with Crippen molar-refractivity contribution in [1.82, 2.24) is 4.98 Å². The van der Waals surface area contributed by atoms with E-state index in [0.29, 0.717) is 5.92 Å². The van der Waals surface area contributed by atoms with E-state index < -0.39 is 0 Å². The van der Waals surface area contributed by atoms with Gasteiger partial charge < -0.3 is 5.73 Å². The second-order valence-electron chi connectivity index (χ2n) is 5.99. The van der Waals surface area contributed by atoms with Gasteiger partial charge in [0.15, 0.2) is 0 Å².